The summed E-state index contributed by atoms with van der Waals surface area (Å²) < 4.78 is 31.9. The first-order chi connectivity index (χ1) is 7.42. The molecule has 1 N–H and O–H groups in total. The zero-order valence-electron chi connectivity index (χ0n) is 9.76. The first-order valence-corrected chi connectivity index (χ1v) is 7.42. The van der Waals surface area contributed by atoms with Gasteiger partial charge in [0.05, 0.1) is 12.4 Å². The Morgan fingerprint density at radius 1 is 1.31 bits per heavy atom. The fourth-order valence-corrected chi connectivity index (χ4v) is 2.71. The fraction of sp³-hybridized carbons (Fsp3) is 1.00. The van der Waals surface area contributed by atoms with Gasteiger partial charge in [0.1, 0.15) is 0 Å². The molecule has 1 rings (SSSR count). The van der Waals surface area contributed by atoms with Gasteiger partial charge in [0.15, 0.2) is 6.29 Å². The number of hydrogen-bond donors (Lipinski definition) is 1. The molecule has 1 aliphatic carbocycles. The van der Waals surface area contributed by atoms with Crippen LogP contribution in [0.3, 0.4) is 0 Å². The van der Waals surface area contributed by atoms with Crippen LogP contribution in [0.4, 0.5) is 0 Å². The van der Waals surface area contributed by atoms with E-state index in [-0.39, 0.29) is 12.0 Å². The summed E-state index contributed by atoms with van der Waals surface area (Å²) in [5.74, 6) is 0.0966. The summed E-state index contributed by atoms with van der Waals surface area (Å²) >= 11 is 0. The summed E-state index contributed by atoms with van der Waals surface area (Å²) in [5, 5.41) is 9.61. The lowest BCUT2D eigenvalue weighted by Gasteiger charge is -2.30. The molecule has 6 heteroatoms. The van der Waals surface area contributed by atoms with Crippen LogP contribution in [0.1, 0.15) is 32.6 Å². The maximum absolute atomic E-state index is 10.9. The largest absolute Gasteiger partial charge is 0.368 e. The van der Waals surface area contributed by atoms with Crippen LogP contribution in [0.5, 0.6) is 0 Å². The third kappa shape index (κ3) is 4.78. The molecule has 1 fully saturated rings. The van der Waals surface area contributed by atoms with E-state index in [1.54, 1.807) is 0 Å². The van der Waals surface area contributed by atoms with E-state index in [4.69, 9.17) is 8.92 Å². The average Bonchev–Trinajstić information content (AvgIpc) is 2.16. The minimum Gasteiger partial charge on any atom is -0.368 e. The second-order valence-electron chi connectivity index (χ2n) is 4.18. The van der Waals surface area contributed by atoms with E-state index in [0.717, 1.165) is 19.1 Å². The fourth-order valence-electron chi connectivity index (χ4n) is 2.02. The summed E-state index contributed by atoms with van der Waals surface area (Å²) in [6.45, 7) is 2.32. The van der Waals surface area contributed by atoms with Gasteiger partial charge in [-0.3, -0.25) is 4.18 Å². The van der Waals surface area contributed by atoms with Gasteiger partial charge in [-0.25, -0.2) is 0 Å². The van der Waals surface area contributed by atoms with Gasteiger partial charge >= 0.3 is 0 Å². The molecule has 0 bridgehead atoms. The molecule has 16 heavy (non-hydrogen) atoms. The first-order valence-electron chi connectivity index (χ1n) is 5.60. The van der Waals surface area contributed by atoms with E-state index in [1.807, 2.05) is 6.92 Å². The van der Waals surface area contributed by atoms with Crippen molar-refractivity contribution >= 4 is 10.1 Å². The Labute approximate surface area is 96.9 Å². The maximum Gasteiger partial charge on any atom is 0.264 e. The van der Waals surface area contributed by atoms with E-state index < -0.39 is 16.4 Å². The predicted molar refractivity (Wildman–Crippen MR) is 59.3 cm³/mol. The van der Waals surface area contributed by atoms with Gasteiger partial charge in [-0.2, -0.15) is 8.42 Å². The Morgan fingerprint density at radius 3 is 2.31 bits per heavy atom. The Kier molecular flexibility index (Phi) is 5.17. The minimum absolute atomic E-state index is 0.0966. The van der Waals surface area contributed by atoms with Crippen LogP contribution in [-0.4, -0.2) is 38.8 Å². The molecule has 1 unspecified atom stereocenters. The lowest BCUT2D eigenvalue weighted by molar-refractivity contribution is -0.140. The van der Waals surface area contributed by atoms with Gasteiger partial charge in [-0.15, -0.1) is 0 Å². The Balaban J connectivity index is 2.34. The standard InChI is InChI=1S/C10H20O5S/c1-3-14-10(11)8-4-6-9(7-5-8)15-16(2,12)13/h8-11H,3-7H2,1-2H3. The molecule has 0 amide bonds. The second kappa shape index (κ2) is 5.95. The molecule has 0 aromatic rings. The summed E-state index contributed by atoms with van der Waals surface area (Å²) in [4.78, 5) is 0. The zero-order chi connectivity index (χ0) is 12.2. The highest BCUT2D eigenvalue weighted by molar-refractivity contribution is 7.86. The van der Waals surface area contributed by atoms with Crippen LogP contribution in [-0.2, 0) is 19.0 Å². The third-order valence-electron chi connectivity index (χ3n) is 2.77. The predicted octanol–water partition coefficient (Wildman–Crippen LogP) is 0.876. The smallest absolute Gasteiger partial charge is 0.264 e. The topological polar surface area (TPSA) is 72.8 Å². The van der Waals surface area contributed by atoms with Gasteiger partial charge in [0.25, 0.3) is 10.1 Å². The van der Waals surface area contributed by atoms with Crippen molar-refractivity contribution < 1.29 is 22.4 Å². The van der Waals surface area contributed by atoms with Crippen LogP contribution in [0.25, 0.3) is 0 Å². The molecule has 0 aromatic carbocycles. The van der Waals surface area contributed by atoms with Crippen molar-refractivity contribution in [1.82, 2.24) is 0 Å². The Hall–Kier alpha value is -0.170. The SMILES string of the molecule is CCOC(O)C1CCC(OS(C)(=O)=O)CC1. The molecule has 0 radical (unpaired) electrons. The molecule has 0 saturated heterocycles. The number of aliphatic hydroxyl groups excluding tert-OH is 1. The highest BCUT2D eigenvalue weighted by Crippen LogP contribution is 2.29. The molecule has 0 spiro atoms. The summed E-state index contributed by atoms with van der Waals surface area (Å²) in [6, 6.07) is 0. The maximum atomic E-state index is 10.9. The van der Waals surface area contributed by atoms with Crippen molar-refractivity contribution in [2.75, 3.05) is 12.9 Å². The molecule has 0 heterocycles. The number of aliphatic hydroxyl groups is 1. The van der Waals surface area contributed by atoms with Crippen LogP contribution in [0, 0.1) is 5.92 Å². The monoisotopic (exact) mass is 252 g/mol. The summed E-state index contributed by atoms with van der Waals surface area (Å²) in [5.41, 5.74) is 0. The first kappa shape index (κ1) is 13.9. The van der Waals surface area contributed by atoms with E-state index >= 15 is 0 Å². The number of rotatable bonds is 5. The number of ether oxygens (including phenoxy) is 1. The van der Waals surface area contributed by atoms with Crippen molar-refractivity contribution in [2.45, 2.75) is 45.0 Å². The summed E-state index contributed by atoms with van der Waals surface area (Å²) in [6.07, 6.45) is 2.88. The highest BCUT2D eigenvalue weighted by Gasteiger charge is 2.28. The third-order valence-corrected chi connectivity index (χ3v) is 3.39. The molecule has 1 atom stereocenters. The van der Waals surface area contributed by atoms with Crippen LogP contribution in [0.2, 0.25) is 0 Å². The zero-order valence-corrected chi connectivity index (χ0v) is 10.6. The van der Waals surface area contributed by atoms with Crippen LogP contribution < -0.4 is 0 Å². The van der Waals surface area contributed by atoms with E-state index in [2.05, 4.69) is 0 Å². The highest BCUT2D eigenvalue weighted by atomic mass is 32.2. The van der Waals surface area contributed by atoms with Crippen LogP contribution >= 0.6 is 0 Å². The number of hydrogen-bond acceptors (Lipinski definition) is 5. The molecular weight excluding hydrogens is 232 g/mol. The Morgan fingerprint density at radius 2 is 1.88 bits per heavy atom. The minimum atomic E-state index is -3.37. The van der Waals surface area contributed by atoms with Gasteiger partial charge in [-0.1, -0.05) is 0 Å². The van der Waals surface area contributed by atoms with Crippen LogP contribution in [0.15, 0.2) is 0 Å². The molecule has 0 aliphatic heterocycles. The van der Waals surface area contributed by atoms with Crippen molar-refractivity contribution in [3.05, 3.63) is 0 Å². The Bertz CT molecular complexity index is 292. The van der Waals surface area contributed by atoms with Gasteiger partial charge < -0.3 is 9.84 Å². The molecule has 96 valence electrons. The summed E-state index contributed by atoms with van der Waals surface area (Å²) in [7, 11) is -3.37. The van der Waals surface area contributed by atoms with Gasteiger partial charge in [0.2, 0.25) is 0 Å². The van der Waals surface area contributed by atoms with Crippen molar-refractivity contribution in [3.8, 4) is 0 Å². The van der Waals surface area contributed by atoms with E-state index in [1.165, 1.54) is 0 Å². The molecule has 1 saturated carbocycles. The second-order valence-corrected chi connectivity index (χ2v) is 5.78. The quantitative estimate of drug-likeness (QED) is 0.581. The van der Waals surface area contributed by atoms with Crippen molar-refractivity contribution in [3.63, 3.8) is 0 Å². The lowest BCUT2D eigenvalue weighted by atomic mass is 9.87. The van der Waals surface area contributed by atoms with Gasteiger partial charge in [0, 0.05) is 12.5 Å². The lowest BCUT2D eigenvalue weighted by Crippen LogP contribution is -2.31. The normalized spacial score (nSPS) is 28.9. The van der Waals surface area contributed by atoms with Gasteiger partial charge in [-0.05, 0) is 32.6 Å². The van der Waals surface area contributed by atoms with Crippen molar-refractivity contribution in [2.24, 2.45) is 5.92 Å². The molecular formula is C10H20O5S. The average molecular weight is 252 g/mol. The molecule has 0 aromatic heterocycles. The molecule has 1 aliphatic rings. The van der Waals surface area contributed by atoms with E-state index in [0.29, 0.717) is 19.4 Å². The van der Waals surface area contributed by atoms with E-state index in [9.17, 15) is 13.5 Å². The molecule has 5 nitrogen and oxygen atoms in total. The van der Waals surface area contributed by atoms with Crippen molar-refractivity contribution in [1.29, 1.82) is 0 Å².